The third kappa shape index (κ3) is 7.22. The Labute approximate surface area is 226 Å². The monoisotopic (exact) mass is 535 g/mol. The Balaban J connectivity index is 2.01. The van der Waals surface area contributed by atoms with Gasteiger partial charge in [0, 0.05) is 12.6 Å². The fourth-order valence-corrected chi connectivity index (χ4v) is 5.38. The van der Waals surface area contributed by atoms with Gasteiger partial charge in [-0.2, -0.15) is 0 Å². The highest BCUT2D eigenvalue weighted by Gasteiger charge is 2.32. The second-order valence-electron chi connectivity index (χ2n) is 9.66. The molecular weight excluding hydrogens is 498 g/mol. The molecule has 0 saturated heterocycles. The molecule has 0 saturated carbocycles. The zero-order valence-corrected chi connectivity index (χ0v) is 23.5. The van der Waals surface area contributed by atoms with Crippen molar-refractivity contribution in [2.24, 2.45) is 0 Å². The van der Waals surface area contributed by atoms with Crippen molar-refractivity contribution < 1.29 is 18.0 Å². The van der Waals surface area contributed by atoms with Gasteiger partial charge < -0.3 is 10.2 Å². The van der Waals surface area contributed by atoms with Crippen LogP contribution < -0.4 is 9.62 Å². The van der Waals surface area contributed by atoms with Crippen molar-refractivity contribution in [1.29, 1.82) is 0 Å². The lowest BCUT2D eigenvalue weighted by Gasteiger charge is -2.32. The molecule has 7 nitrogen and oxygen atoms in total. The number of benzene rings is 3. The Hall–Kier alpha value is -3.65. The second kappa shape index (κ2) is 12.7. The normalized spacial score (nSPS) is 12.9. The van der Waals surface area contributed by atoms with Gasteiger partial charge in [-0.3, -0.25) is 13.9 Å². The number of nitrogens with zero attached hydrogens (tertiary/aromatic N) is 2. The minimum absolute atomic E-state index is 0.0515. The van der Waals surface area contributed by atoms with Crippen molar-refractivity contribution in [3.05, 3.63) is 95.6 Å². The van der Waals surface area contributed by atoms with E-state index < -0.39 is 28.5 Å². The van der Waals surface area contributed by atoms with Crippen molar-refractivity contribution >= 4 is 27.5 Å². The smallest absolute Gasteiger partial charge is 0.264 e. The molecule has 3 aromatic rings. The van der Waals surface area contributed by atoms with Crippen LogP contribution in [0, 0.1) is 13.8 Å². The minimum Gasteiger partial charge on any atom is -0.352 e. The largest absolute Gasteiger partial charge is 0.352 e. The molecule has 0 unspecified atom stereocenters. The molecule has 2 atom stereocenters. The van der Waals surface area contributed by atoms with Crippen LogP contribution in [0.5, 0.6) is 0 Å². The maximum atomic E-state index is 13.9. The van der Waals surface area contributed by atoms with Gasteiger partial charge in [-0.25, -0.2) is 8.42 Å². The van der Waals surface area contributed by atoms with E-state index in [1.807, 2.05) is 64.1 Å². The molecule has 202 valence electrons. The van der Waals surface area contributed by atoms with Gasteiger partial charge in [0.05, 0.1) is 10.6 Å². The number of hydrogen-bond donors (Lipinski definition) is 1. The number of sulfonamides is 1. The molecule has 0 heterocycles. The van der Waals surface area contributed by atoms with Crippen LogP contribution in [-0.4, -0.2) is 43.8 Å². The molecule has 0 aliphatic carbocycles. The summed E-state index contributed by atoms with van der Waals surface area (Å²) in [6.07, 6.45) is 0.751. The number of carbonyl (C=O) groups is 2. The number of carbonyl (C=O) groups excluding carboxylic acids is 2. The topological polar surface area (TPSA) is 86.8 Å². The molecule has 3 rings (SSSR count). The van der Waals surface area contributed by atoms with Gasteiger partial charge in [0.2, 0.25) is 11.8 Å². The van der Waals surface area contributed by atoms with Crippen LogP contribution in [0.15, 0.2) is 83.8 Å². The molecular formula is C30H37N3O4S. The van der Waals surface area contributed by atoms with Crippen LogP contribution in [0.25, 0.3) is 0 Å². The summed E-state index contributed by atoms with van der Waals surface area (Å²) in [5, 5.41) is 2.94. The molecule has 2 amide bonds. The fraction of sp³-hybridized carbons (Fsp3) is 0.333. The van der Waals surface area contributed by atoms with Gasteiger partial charge >= 0.3 is 0 Å². The summed E-state index contributed by atoms with van der Waals surface area (Å²) in [6, 6.07) is 22.1. The van der Waals surface area contributed by atoms with E-state index >= 15 is 0 Å². The average molecular weight is 536 g/mol. The zero-order valence-electron chi connectivity index (χ0n) is 22.7. The van der Waals surface area contributed by atoms with E-state index in [2.05, 4.69) is 5.32 Å². The first-order valence-corrected chi connectivity index (χ1v) is 14.3. The number of aryl methyl sites for hydroxylation is 2. The summed E-state index contributed by atoms with van der Waals surface area (Å²) >= 11 is 0. The number of rotatable bonds is 11. The second-order valence-corrected chi connectivity index (χ2v) is 11.5. The molecule has 0 fully saturated rings. The number of anilines is 1. The first-order chi connectivity index (χ1) is 18.0. The van der Waals surface area contributed by atoms with Crippen LogP contribution in [0.1, 0.15) is 43.9 Å². The van der Waals surface area contributed by atoms with Gasteiger partial charge in [-0.05, 0) is 69.5 Å². The third-order valence-corrected chi connectivity index (χ3v) is 8.33. The Morgan fingerprint density at radius 2 is 1.53 bits per heavy atom. The maximum absolute atomic E-state index is 13.9. The van der Waals surface area contributed by atoms with Crippen LogP contribution >= 0.6 is 0 Å². The lowest BCUT2D eigenvalue weighted by Crippen LogP contribution is -2.52. The van der Waals surface area contributed by atoms with Crippen LogP contribution in [0.4, 0.5) is 5.69 Å². The van der Waals surface area contributed by atoms with Crippen molar-refractivity contribution in [2.75, 3.05) is 10.8 Å². The Kier molecular flexibility index (Phi) is 9.69. The maximum Gasteiger partial charge on any atom is 0.264 e. The highest BCUT2D eigenvalue weighted by atomic mass is 32.2. The summed E-state index contributed by atoms with van der Waals surface area (Å²) < 4.78 is 28.8. The fourth-order valence-electron chi connectivity index (χ4n) is 3.98. The number of hydrogen-bond acceptors (Lipinski definition) is 4. The molecule has 1 N–H and O–H groups in total. The van der Waals surface area contributed by atoms with Crippen LogP contribution in [0.2, 0.25) is 0 Å². The standard InChI is InChI=1S/C30H37N3O4S/c1-6-24(4)31-30(35)25(5)32(20-26-12-8-7-9-13-26)29(34)21-33(27-14-10-11-23(3)19-27)38(36,37)28-17-15-22(2)16-18-28/h7-19,24-25H,6,20-21H2,1-5H3,(H,31,35)/t24-,25+/m1/s1. The first kappa shape index (κ1) is 28.9. The van der Waals surface area contributed by atoms with E-state index in [4.69, 9.17) is 0 Å². The Morgan fingerprint density at radius 3 is 2.13 bits per heavy atom. The molecule has 0 aromatic heterocycles. The number of amides is 2. The van der Waals surface area contributed by atoms with E-state index in [1.165, 1.54) is 4.90 Å². The highest BCUT2D eigenvalue weighted by molar-refractivity contribution is 7.92. The van der Waals surface area contributed by atoms with Crippen molar-refractivity contribution in [1.82, 2.24) is 10.2 Å². The average Bonchev–Trinajstić information content (AvgIpc) is 2.90. The molecule has 0 spiro atoms. The lowest BCUT2D eigenvalue weighted by molar-refractivity contribution is -0.139. The third-order valence-electron chi connectivity index (χ3n) is 6.54. The lowest BCUT2D eigenvalue weighted by atomic mass is 10.1. The molecule has 0 bridgehead atoms. The molecule has 0 radical (unpaired) electrons. The molecule has 8 heteroatoms. The zero-order chi connectivity index (χ0) is 27.9. The van der Waals surface area contributed by atoms with Gasteiger partial charge in [0.1, 0.15) is 12.6 Å². The molecule has 0 aliphatic rings. The summed E-state index contributed by atoms with van der Waals surface area (Å²) in [5.41, 5.74) is 3.02. The summed E-state index contributed by atoms with van der Waals surface area (Å²) in [5.74, 6) is -0.759. The van der Waals surface area contributed by atoms with Crippen molar-refractivity contribution in [3.8, 4) is 0 Å². The summed E-state index contributed by atoms with van der Waals surface area (Å²) in [4.78, 5) is 28.5. The summed E-state index contributed by atoms with van der Waals surface area (Å²) in [6.45, 7) is 9.01. The summed E-state index contributed by atoms with van der Waals surface area (Å²) in [7, 11) is -4.07. The van der Waals surface area contributed by atoms with Gasteiger partial charge in [-0.1, -0.05) is 67.1 Å². The predicted molar refractivity (Wildman–Crippen MR) is 151 cm³/mol. The first-order valence-electron chi connectivity index (χ1n) is 12.8. The van der Waals surface area contributed by atoms with Crippen LogP contribution in [-0.2, 0) is 26.2 Å². The molecule has 38 heavy (non-hydrogen) atoms. The van der Waals surface area contributed by atoms with E-state index in [0.717, 1.165) is 27.4 Å². The van der Waals surface area contributed by atoms with Gasteiger partial charge in [0.25, 0.3) is 10.0 Å². The molecule has 0 aliphatic heterocycles. The van der Waals surface area contributed by atoms with E-state index in [1.54, 1.807) is 49.4 Å². The van der Waals surface area contributed by atoms with E-state index in [-0.39, 0.29) is 23.4 Å². The Morgan fingerprint density at radius 1 is 0.868 bits per heavy atom. The van der Waals surface area contributed by atoms with E-state index in [9.17, 15) is 18.0 Å². The highest BCUT2D eigenvalue weighted by Crippen LogP contribution is 2.25. The SMILES string of the molecule is CC[C@@H](C)NC(=O)[C@H](C)N(Cc1ccccc1)C(=O)CN(c1cccc(C)c1)S(=O)(=O)c1ccc(C)cc1. The predicted octanol–water partition coefficient (Wildman–Crippen LogP) is 4.83. The Bertz CT molecular complexity index is 1340. The van der Waals surface area contributed by atoms with E-state index in [0.29, 0.717) is 5.69 Å². The minimum atomic E-state index is -4.07. The number of nitrogens with one attached hydrogen (secondary N) is 1. The van der Waals surface area contributed by atoms with Crippen molar-refractivity contribution in [3.63, 3.8) is 0 Å². The van der Waals surface area contributed by atoms with Gasteiger partial charge in [-0.15, -0.1) is 0 Å². The van der Waals surface area contributed by atoms with Crippen LogP contribution in [0.3, 0.4) is 0 Å². The quantitative estimate of drug-likeness (QED) is 0.381. The molecule has 3 aromatic carbocycles. The van der Waals surface area contributed by atoms with Gasteiger partial charge in [0.15, 0.2) is 0 Å². The van der Waals surface area contributed by atoms with Crippen molar-refractivity contribution in [2.45, 2.75) is 64.6 Å².